The topological polar surface area (TPSA) is 12.0 Å². The van der Waals surface area contributed by atoms with E-state index < -0.39 is 0 Å². The Morgan fingerprint density at radius 2 is 1.81 bits per heavy atom. The van der Waals surface area contributed by atoms with Crippen molar-refractivity contribution in [1.82, 2.24) is 5.32 Å². The van der Waals surface area contributed by atoms with E-state index in [1.54, 1.807) is 0 Å². The molecular weight excluding hydrogens is 194 g/mol. The first-order valence-electron chi connectivity index (χ1n) is 6.80. The molecule has 1 rings (SSSR count). The van der Waals surface area contributed by atoms with Crippen molar-refractivity contribution in [2.75, 3.05) is 0 Å². The highest BCUT2D eigenvalue weighted by Crippen LogP contribution is 2.37. The standard InChI is InChI=1S/C15H29N/c1-6-7-12(2)16-14-10-8-13(9-11-14)15(3,4)5/h6,12-14,16H,1,7-11H2,2-5H3. The molecule has 1 N–H and O–H groups in total. The normalized spacial score (nSPS) is 28.8. The van der Waals surface area contributed by atoms with Gasteiger partial charge in [-0.3, -0.25) is 0 Å². The highest BCUT2D eigenvalue weighted by molar-refractivity contribution is 4.85. The van der Waals surface area contributed by atoms with Gasteiger partial charge in [-0.25, -0.2) is 0 Å². The Morgan fingerprint density at radius 3 is 2.25 bits per heavy atom. The largest absolute Gasteiger partial charge is 0.311 e. The van der Waals surface area contributed by atoms with Crippen LogP contribution in [0.1, 0.15) is 59.8 Å². The second kappa shape index (κ2) is 5.86. The third kappa shape index (κ3) is 4.29. The molecule has 1 saturated carbocycles. The molecule has 0 bridgehead atoms. The van der Waals surface area contributed by atoms with Crippen LogP contribution in [0, 0.1) is 11.3 Å². The second-order valence-corrected chi connectivity index (χ2v) is 6.51. The Morgan fingerprint density at radius 1 is 1.25 bits per heavy atom. The molecule has 0 amide bonds. The van der Waals surface area contributed by atoms with Crippen LogP contribution in [0.15, 0.2) is 12.7 Å². The zero-order valence-corrected chi connectivity index (χ0v) is 11.6. The average molecular weight is 223 g/mol. The van der Waals surface area contributed by atoms with Gasteiger partial charge in [0.25, 0.3) is 0 Å². The van der Waals surface area contributed by atoms with E-state index in [4.69, 9.17) is 0 Å². The summed E-state index contributed by atoms with van der Waals surface area (Å²) in [5, 5.41) is 3.72. The third-order valence-corrected chi connectivity index (χ3v) is 3.99. The second-order valence-electron chi connectivity index (χ2n) is 6.51. The molecule has 0 saturated heterocycles. The van der Waals surface area contributed by atoms with E-state index in [1.807, 2.05) is 6.08 Å². The Bertz CT molecular complexity index is 206. The van der Waals surface area contributed by atoms with Crippen molar-refractivity contribution in [2.45, 2.75) is 71.9 Å². The molecule has 1 aliphatic rings. The molecule has 94 valence electrons. The lowest BCUT2D eigenvalue weighted by atomic mass is 9.71. The maximum atomic E-state index is 3.80. The van der Waals surface area contributed by atoms with Gasteiger partial charge in [0.05, 0.1) is 0 Å². The minimum atomic E-state index is 0.498. The van der Waals surface area contributed by atoms with Gasteiger partial charge in [-0.15, -0.1) is 6.58 Å². The predicted octanol–water partition coefficient (Wildman–Crippen LogP) is 4.15. The Labute approximate surface area is 102 Å². The lowest BCUT2D eigenvalue weighted by molar-refractivity contribution is 0.157. The summed E-state index contributed by atoms with van der Waals surface area (Å²) in [6, 6.07) is 1.34. The molecule has 0 aromatic heterocycles. The maximum absolute atomic E-state index is 3.80. The van der Waals surface area contributed by atoms with E-state index in [2.05, 4.69) is 39.6 Å². The van der Waals surface area contributed by atoms with Crippen LogP contribution in [0.5, 0.6) is 0 Å². The van der Waals surface area contributed by atoms with Crippen molar-refractivity contribution in [3.8, 4) is 0 Å². The number of hydrogen-bond acceptors (Lipinski definition) is 1. The van der Waals surface area contributed by atoms with Crippen molar-refractivity contribution < 1.29 is 0 Å². The van der Waals surface area contributed by atoms with E-state index in [1.165, 1.54) is 25.7 Å². The van der Waals surface area contributed by atoms with Crippen LogP contribution in [-0.2, 0) is 0 Å². The predicted molar refractivity (Wildman–Crippen MR) is 72.6 cm³/mol. The Balaban J connectivity index is 2.29. The van der Waals surface area contributed by atoms with Gasteiger partial charge in [0.2, 0.25) is 0 Å². The number of hydrogen-bond donors (Lipinski definition) is 1. The summed E-state index contributed by atoms with van der Waals surface area (Å²) >= 11 is 0. The van der Waals surface area contributed by atoms with E-state index in [-0.39, 0.29) is 0 Å². The summed E-state index contributed by atoms with van der Waals surface area (Å²) in [6.07, 6.45) is 8.58. The van der Waals surface area contributed by atoms with Gasteiger partial charge in [0.15, 0.2) is 0 Å². The molecule has 1 heteroatoms. The van der Waals surface area contributed by atoms with Gasteiger partial charge >= 0.3 is 0 Å². The zero-order chi connectivity index (χ0) is 12.2. The van der Waals surface area contributed by atoms with Crippen molar-refractivity contribution >= 4 is 0 Å². The van der Waals surface area contributed by atoms with Gasteiger partial charge < -0.3 is 5.32 Å². The molecule has 1 aliphatic carbocycles. The van der Waals surface area contributed by atoms with E-state index in [0.717, 1.165) is 18.4 Å². The molecule has 1 nitrogen and oxygen atoms in total. The molecular formula is C15H29N. The summed E-state index contributed by atoms with van der Waals surface area (Å²) in [5.41, 5.74) is 0.498. The Kier molecular flexibility index (Phi) is 5.04. The molecule has 16 heavy (non-hydrogen) atoms. The quantitative estimate of drug-likeness (QED) is 0.706. The molecule has 1 fully saturated rings. The number of nitrogens with one attached hydrogen (secondary N) is 1. The lowest BCUT2D eigenvalue weighted by Gasteiger charge is -2.38. The summed E-state index contributed by atoms with van der Waals surface area (Å²) in [7, 11) is 0. The molecule has 0 spiro atoms. The molecule has 0 aromatic rings. The monoisotopic (exact) mass is 223 g/mol. The molecule has 0 aromatic carbocycles. The minimum absolute atomic E-state index is 0.498. The van der Waals surface area contributed by atoms with Crippen LogP contribution in [0.25, 0.3) is 0 Å². The SMILES string of the molecule is C=CCC(C)NC1CCC(C(C)(C)C)CC1. The molecule has 1 unspecified atom stereocenters. The van der Waals surface area contributed by atoms with Crippen LogP contribution >= 0.6 is 0 Å². The molecule has 0 radical (unpaired) electrons. The summed E-state index contributed by atoms with van der Waals surface area (Å²) in [6.45, 7) is 13.2. The summed E-state index contributed by atoms with van der Waals surface area (Å²) < 4.78 is 0. The smallest absolute Gasteiger partial charge is 0.00757 e. The van der Waals surface area contributed by atoms with Crippen LogP contribution in [0.4, 0.5) is 0 Å². The average Bonchev–Trinajstić information content (AvgIpc) is 2.17. The first kappa shape index (κ1) is 13.8. The molecule has 0 aliphatic heterocycles. The van der Waals surface area contributed by atoms with E-state index >= 15 is 0 Å². The van der Waals surface area contributed by atoms with Crippen molar-refractivity contribution in [3.05, 3.63) is 12.7 Å². The Hall–Kier alpha value is -0.300. The van der Waals surface area contributed by atoms with Crippen LogP contribution in [-0.4, -0.2) is 12.1 Å². The minimum Gasteiger partial charge on any atom is -0.311 e. The highest BCUT2D eigenvalue weighted by atomic mass is 14.9. The first-order chi connectivity index (χ1) is 7.43. The fraction of sp³-hybridized carbons (Fsp3) is 0.867. The first-order valence-corrected chi connectivity index (χ1v) is 6.80. The maximum Gasteiger partial charge on any atom is 0.00757 e. The zero-order valence-electron chi connectivity index (χ0n) is 11.6. The number of rotatable bonds is 4. The van der Waals surface area contributed by atoms with Crippen molar-refractivity contribution in [3.63, 3.8) is 0 Å². The van der Waals surface area contributed by atoms with Crippen molar-refractivity contribution in [1.29, 1.82) is 0 Å². The summed E-state index contributed by atoms with van der Waals surface area (Å²) in [5.74, 6) is 0.917. The third-order valence-electron chi connectivity index (χ3n) is 3.99. The fourth-order valence-electron chi connectivity index (χ4n) is 2.85. The lowest BCUT2D eigenvalue weighted by Crippen LogP contribution is -2.40. The highest BCUT2D eigenvalue weighted by Gasteiger charge is 2.29. The van der Waals surface area contributed by atoms with Gasteiger partial charge in [-0.2, -0.15) is 0 Å². The van der Waals surface area contributed by atoms with Gasteiger partial charge in [0.1, 0.15) is 0 Å². The van der Waals surface area contributed by atoms with E-state index in [9.17, 15) is 0 Å². The fourth-order valence-corrected chi connectivity index (χ4v) is 2.85. The van der Waals surface area contributed by atoms with Crippen LogP contribution in [0.2, 0.25) is 0 Å². The van der Waals surface area contributed by atoms with Crippen molar-refractivity contribution in [2.24, 2.45) is 11.3 Å². The van der Waals surface area contributed by atoms with Crippen LogP contribution < -0.4 is 5.32 Å². The summed E-state index contributed by atoms with van der Waals surface area (Å²) in [4.78, 5) is 0. The van der Waals surface area contributed by atoms with Gasteiger partial charge in [-0.1, -0.05) is 26.8 Å². The molecule has 0 heterocycles. The molecule has 1 atom stereocenters. The van der Waals surface area contributed by atoms with E-state index in [0.29, 0.717) is 11.5 Å². The van der Waals surface area contributed by atoms with Gasteiger partial charge in [0, 0.05) is 12.1 Å². The van der Waals surface area contributed by atoms with Gasteiger partial charge in [-0.05, 0) is 50.4 Å². The van der Waals surface area contributed by atoms with Crippen LogP contribution in [0.3, 0.4) is 0 Å².